The molecule has 1 heterocycles. The highest BCUT2D eigenvalue weighted by atomic mass is 16.6. The van der Waals surface area contributed by atoms with Gasteiger partial charge in [0.25, 0.3) is 0 Å². The lowest BCUT2D eigenvalue weighted by molar-refractivity contribution is -0.114. The van der Waals surface area contributed by atoms with E-state index in [0.29, 0.717) is 11.3 Å². The fraction of sp³-hybridized carbons (Fsp3) is 0.308. The maximum atomic E-state index is 11.7. The number of benzene rings is 1. The number of cyclic esters (lactones) is 2. The van der Waals surface area contributed by atoms with Gasteiger partial charge in [-0.1, -0.05) is 0 Å². The molecule has 5 heteroatoms. The lowest BCUT2D eigenvalue weighted by atomic mass is 9.92. The van der Waals surface area contributed by atoms with E-state index >= 15 is 0 Å². The average Bonchev–Trinajstić information content (AvgIpc) is 2.56. The molecular weight excluding hydrogens is 234 g/mol. The summed E-state index contributed by atoms with van der Waals surface area (Å²) in [5.41, 5.74) is 3.14. The Hall–Kier alpha value is -2.17. The van der Waals surface area contributed by atoms with Crippen molar-refractivity contribution in [2.24, 2.45) is 0 Å². The van der Waals surface area contributed by atoms with Crippen LogP contribution in [0.3, 0.4) is 0 Å². The van der Waals surface area contributed by atoms with E-state index in [2.05, 4.69) is 10.1 Å². The van der Waals surface area contributed by atoms with Gasteiger partial charge < -0.3 is 10.1 Å². The summed E-state index contributed by atoms with van der Waals surface area (Å²) in [5, 5.41) is 2.60. The molecule has 5 nitrogen and oxygen atoms in total. The maximum absolute atomic E-state index is 11.7. The molecule has 0 saturated carbocycles. The predicted molar refractivity (Wildman–Crippen MR) is 64.7 cm³/mol. The van der Waals surface area contributed by atoms with Gasteiger partial charge in [-0.25, -0.2) is 9.59 Å². The van der Waals surface area contributed by atoms with Crippen molar-refractivity contribution in [1.29, 1.82) is 0 Å². The van der Waals surface area contributed by atoms with Crippen LogP contribution in [0.5, 0.6) is 0 Å². The molecule has 0 aliphatic carbocycles. The minimum atomic E-state index is -0.704. The second kappa shape index (κ2) is 3.94. The zero-order valence-electron chi connectivity index (χ0n) is 10.6. The van der Waals surface area contributed by atoms with E-state index in [1.165, 1.54) is 6.92 Å². The summed E-state index contributed by atoms with van der Waals surface area (Å²) in [4.78, 5) is 34.5. The SMILES string of the molecule is CC(=O)Nc1c(C)c(C)c(C)c2c1C(=O)OC2=O. The molecule has 0 atom stereocenters. The first-order valence-electron chi connectivity index (χ1n) is 5.52. The third-order valence-corrected chi connectivity index (χ3v) is 3.27. The summed E-state index contributed by atoms with van der Waals surface area (Å²) < 4.78 is 4.62. The van der Waals surface area contributed by atoms with E-state index in [1.54, 1.807) is 13.8 Å². The van der Waals surface area contributed by atoms with Gasteiger partial charge in [0.1, 0.15) is 0 Å². The summed E-state index contributed by atoms with van der Waals surface area (Å²) in [6, 6.07) is 0. The molecule has 1 aromatic carbocycles. The van der Waals surface area contributed by atoms with Crippen LogP contribution in [-0.2, 0) is 9.53 Å². The van der Waals surface area contributed by atoms with Crippen LogP contribution in [0.2, 0.25) is 0 Å². The van der Waals surface area contributed by atoms with Gasteiger partial charge in [0.05, 0.1) is 16.8 Å². The van der Waals surface area contributed by atoms with Crippen LogP contribution >= 0.6 is 0 Å². The summed E-state index contributed by atoms with van der Waals surface area (Å²) in [5.74, 6) is -1.65. The second-order valence-corrected chi connectivity index (χ2v) is 4.36. The van der Waals surface area contributed by atoms with Crippen LogP contribution in [0.4, 0.5) is 5.69 Å². The highest BCUT2D eigenvalue weighted by Crippen LogP contribution is 2.35. The van der Waals surface area contributed by atoms with Crippen LogP contribution in [-0.4, -0.2) is 17.8 Å². The summed E-state index contributed by atoms with van der Waals surface area (Å²) in [6.45, 7) is 6.75. The predicted octanol–water partition coefficient (Wildman–Crippen LogP) is 1.88. The first-order valence-corrected chi connectivity index (χ1v) is 5.52. The lowest BCUT2D eigenvalue weighted by Gasteiger charge is -2.15. The Kier molecular flexibility index (Phi) is 2.69. The molecular formula is C13H13NO4. The third kappa shape index (κ3) is 1.59. The number of fused-ring (bicyclic) bond motifs is 1. The first kappa shape index (κ1) is 12.3. The van der Waals surface area contributed by atoms with Crippen LogP contribution in [0, 0.1) is 20.8 Å². The van der Waals surface area contributed by atoms with Gasteiger partial charge in [-0.2, -0.15) is 0 Å². The monoisotopic (exact) mass is 247 g/mol. The number of rotatable bonds is 1. The molecule has 0 bridgehead atoms. The van der Waals surface area contributed by atoms with E-state index in [1.807, 2.05) is 6.92 Å². The van der Waals surface area contributed by atoms with Crippen molar-refractivity contribution in [3.8, 4) is 0 Å². The number of hydrogen-bond acceptors (Lipinski definition) is 4. The van der Waals surface area contributed by atoms with Gasteiger partial charge in [-0.05, 0) is 37.5 Å². The van der Waals surface area contributed by atoms with E-state index in [0.717, 1.165) is 11.1 Å². The number of ether oxygens (including phenoxy) is 1. The molecule has 0 aromatic heterocycles. The molecule has 1 aromatic rings. The standard InChI is InChI=1S/C13H13NO4/c1-5-6(2)9-10(13(17)18-12(9)16)11(7(5)3)14-8(4)15/h1-4H3,(H,14,15). The first-order chi connectivity index (χ1) is 8.34. The van der Waals surface area contributed by atoms with Crippen molar-refractivity contribution < 1.29 is 19.1 Å². The zero-order chi connectivity index (χ0) is 13.6. The Morgan fingerprint density at radius 1 is 0.944 bits per heavy atom. The minimum absolute atomic E-state index is 0.163. The number of amides is 1. The molecule has 0 unspecified atom stereocenters. The quantitative estimate of drug-likeness (QED) is 0.607. The van der Waals surface area contributed by atoms with Crippen molar-refractivity contribution in [3.05, 3.63) is 27.8 Å². The van der Waals surface area contributed by atoms with E-state index in [4.69, 9.17) is 0 Å². The Morgan fingerprint density at radius 2 is 1.50 bits per heavy atom. The largest absolute Gasteiger partial charge is 0.386 e. The van der Waals surface area contributed by atoms with Crippen molar-refractivity contribution in [1.82, 2.24) is 0 Å². The molecule has 1 aliphatic rings. The topological polar surface area (TPSA) is 72.5 Å². The molecule has 0 fully saturated rings. The second-order valence-electron chi connectivity index (χ2n) is 4.36. The number of carbonyl (C=O) groups excluding carboxylic acids is 3. The molecule has 2 rings (SSSR count). The highest BCUT2D eigenvalue weighted by Gasteiger charge is 2.36. The minimum Gasteiger partial charge on any atom is -0.386 e. The van der Waals surface area contributed by atoms with Gasteiger partial charge in [0.2, 0.25) is 5.91 Å². The van der Waals surface area contributed by atoms with Gasteiger partial charge in [-0.15, -0.1) is 0 Å². The molecule has 1 N–H and O–H groups in total. The van der Waals surface area contributed by atoms with Crippen molar-refractivity contribution in [3.63, 3.8) is 0 Å². The third-order valence-electron chi connectivity index (χ3n) is 3.27. The number of carbonyl (C=O) groups is 3. The molecule has 18 heavy (non-hydrogen) atoms. The Bertz CT molecular complexity index is 602. The smallest absolute Gasteiger partial charge is 0.349 e. The average molecular weight is 247 g/mol. The summed E-state index contributed by atoms with van der Waals surface area (Å²) in [6.07, 6.45) is 0. The van der Waals surface area contributed by atoms with Gasteiger partial charge >= 0.3 is 11.9 Å². The van der Waals surface area contributed by atoms with Crippen molar-refractivity contribution in [2.75, 3.05) is 5.32 Å². The molecule has 0 radical (unpaired) electrons. The fourth-order valence-electron chi connectivity index (χ4n) is 2.13. The number of nitrogens with one attached hydrogen (secondary N) is 1. The molecule has 0 saturated heterocycles. The van der Waals surface area contributed by atoms with Gasteiger partial charge in [0, 0.05) is 6.92 Å². The normalized spacial score (nSPS) is 13.3. The van der Waals surface area contributed by atoms with Crippen LogP contribution in [0.25, 0.3) is 0 Å². The highest BCUT2D eigenvalue weighted by molar-refractivity contribution is 6.20. The molecule has 1 amide bonds. The van der Waals surface area contributed by atoms with Crippen LogP contribution < -0.4 is 5.32 Å². The Balaban J connectivity index is 2.82. The lowest BCUT2D eigenvalue weighted by Crippen LogP contribution is -2.13. The van der Waals surface area contributed by atoms with E-state index in [-0.39, 0.29) is 17.0 Å². The molecule has 94 valence electrons. The fourth-order valence-corrected chi connectivity index (χ4v) is 2.13. The van der Waals surface area contributed by atoms with Crippen LogP contribution in [0.15, 0.2) is 0 Å². The van der Waals surface area contributed by atoms with E-state index < -0.39 is 11.9 Å². The number of esters is 2. The Morgan fingerprint density at radius 3 is 2.06 bits per heavy atom. The van der Waals surface area contributed by atoms with E-state index in [9.17, 15) is 14.4 Å². The van der Waals surface area contributed by atoms with Gasteiger partial charge in [0.15, 0.2) is 0 Å². The number of anilines is 1. The van der Waals surface area contributed by atoms with Crippen molar-refractivity contribution >= 4 is 23.5 Å². The van der Waals surface area contributed by atoms with Crippen molar-refractivity contribution in [2.45, 2.75) is 27.7 Å². The zero-order valence-corrected chi connectivity index (χ0v) is 10.6. The maximum Gasteiger partial charge on any atom is 0.349 e. The Labute approximate surface area is 104 Å². The molecule has 0 spiro atoms. The molecule has 1 aliphatic heterocycles. The van der Waals surface area contributed by atoms with Gasteiger partial charge in [-0.3, -0.25) is 4.79 Å². The summed E-state index contributed by atoms with van der Waals surface area (Å²) >= 11 is 0. The van der Waals surface area contributed by atoms with Crippen LogP contribution in [0.1, 0.15) is 44.3 Å². The number of hydrogen-bond donors (Lipinski definition) is 1. The summed E-state index contributed by atoms with van der Waals surface area (Å²) in [7, 11) is 0.